The molecule has 8 heteroatoms. The van der Waals surface area contributed by atoms with Gasteiger partial charge < -0.3 is 10.1 Å². The molecule has 3 heterocycles. The van der Waals surface area contributed by atoms with Crippen molar-refractivity contribution in [2.75, 3.05) is 18.5 Å². The van der Waals surface area contributed by atoms with E-state index in [1.54, 1.807) is 25.2 Å². The van der Waals surface area contributed by atoms with Gasteiger partial charge in [0.15, 0.2) is 0 Å². The van der Waals surface area contributed by atoms with Gasteiger partial charge >= 0.3 is 0 Å². The number of nitrogens with one attached hydrogen (secondary N) is 1. The minimum absolute atomic E-state index is 0.126. The van der Waals surface area contributed by atoms with E-state index < -0.39 is 0 Å². The lowest BCUT2D eigenvalue weighted by Gasteiger charge is -2.22. The van der Waals surface area contributed by atoms with Gasteiger partial charge in [-0.3, -0.25) is 14.2 Å². The van der Waals surface area contributed by atoms with Crippen molar-refractivity contribution in [1.82, 2.24) is 19.3 Å². The van der Waals surface area contributed by atoms with Crippen molar-refractivity contribution < 1.29 is 4.74 Å². The molecule has 1 fully saturated rings. The molecule has 2 aromatic heterocycles. The Hall–Kier alpha value is -3.00. The highest BCUT2D eigenvalue weighted by Crippen LogP contribution is 2.21. The van der Waals surface area contributed by atoms with E-state index in [2.05, 4.69) is 15.4 Å². The lowest BCUT2D eigenvalue weighted by Crippen LogP contribution is -2.38. The Kier molecular flexibility index (Phi) is 4.04. The number of benzene rings is 1. The summed E-state index contributed by atoms with van der Waals surface area (Å²) in [6.07, 6.45) is 0. The largest absolute Gasteiger partial charge is 0.377 e. The van der Waals surface area contributed by atoms with Crippen LogP contribution in [0.2, 0.25) is 0 Å². The zero-order valence-electron chi connectivity index (χ0n) is 14.5. The monoisotopic (exact) mass is 353 g/mol. The zero-order valence-corrected chi connectivity index (χ0v) is 14.5. The SMILES string of the molecule is Cc1ccc(=O)n(C2COCC2Nc2nc3ccccc3c(=O)n2C)n1. The molecule has 0 spiro atoms. The Morgan fingerprint density at radius 1 is 1.15 bits per heavy atom. The first kappa shape index (κ1) is 16.5. The fourth-order valence-corrected chi connectivity index (χ4v) is 3.19. The Balaban J connectivity index is 1.71. The van der Waals surface area contributed by atoms with Crippen LogP contribution in [0, 0.1) is 6.92 Å². The van der Waals surface area contributed by atoms with E-state index in [0.29, 0.717) is 30.1 Å². The Bertz CT molecular complexity index is 1090. The summed E-state index contributed by atoms with van der Waals surface area (Å²) in [5, 5.41) is 8.16. The molecule has 2 atom stereocenters. The second-order valence-electron chi connectivity index (χ2n) is 6.43. The highest BCUT2D eigenvalue weighted by atomic mass is 16.5. The molecule has 0 saturated carbocycles. The topological polar surface area (TPSA) is 91.0 Å². The van der Waals surface area contributed by atoms with E-state index in [0.717, 1.165) is 5.69 Å². The second kappa shape index (κ2) is 6.38. The van der Waals surface area contributed by atoms with Crippen LogP contribution < -0.4 is 16.4 Å². The maximum Gasteiger partial charge on any atom is 0.267 e. The molecule has 3 aromatic rings. The summed E-state index contributed by atoms with van der Waals surface area (Å²) in [6.45, 7) is 2.60. The van der Waals surface area contributed by atoms with Crippen LogP contribution in [0.1, 0.15) is 11.7 Å². The van der Waals surface area contributed by atoms with Crippen molar-refractivity contribution in [3.8, 4) is 0 Å². The number of aromatic nitrogens is 4. The predicted molar refractivity (Wildman–Crippen MR) is 97.5 cm³/mol. The van der Waals surface area contributed by atoms with Crippen molar-refractivity contribution in [2.45, 2.75) is 19.0 Å². The third-order valence-electron chi connectivity index (χ3n) is 4.62. The van der Waals surface area contributed by atoms with E-state index >= 15 is 0 Å². The lowest BCUT2D eigenvalue weighted by atomic mass is 10.1. The van der Waals surface area contributed by atoms with E-state index in [-0.39, 0.29) is 23.2 Å². The number of anilines is 1. The molecule has 1 aliphatic heterocycles. The summed E-state index contributed by atoms with van der Waals surface area (Å²) in [4.78, 5) is 29.3. The minimum Gasteiger partial charge on any atom is -0.377 e. The van der Waals surface area contributed by atoms with E-state index in [1.807, 2.05) is 19.1 Å². The maximum atomic E-state index is 12.6. The van der Waals surface area contributed by atoms with Gasteiger partial charge in [0, 0.05) is 13.1 Å². The van der Waals surface area contributed by atoms with Gasteiger partial charge in [-0.2, -0.15) is 5.10 Å². The normalized spacial score (nSPS) is 19.8. The van der Waals surface area contributed by atoms with Crippen LogP contribution in [0.3, 0.4) is 0 Å². The van der Waals surface area contributed by atoms with Crippen molar-refractivity contribution in [3.05, 3.63) is 62.8 Å². The maximum absolute atomic E-state index is 12.6. The van der Waals surface area contributed by atoms with E-state index in [1.165, 1.54) is 15.3 Å². The highest BCUT2D eigenvalue weighted by Gasteiger charge is 2.32. The number of ether oxygens (including phenoxy) is 1. The number of hydrogen-bond acceptors (Lipinski definition) is 6. The van der Waals surface area contributed by atoms with Gasteiger partial charge in [0.25, 0.3) is 11.1 Å². The number of rotatable bonds is 3. The first-order chi connectivity index (χ1) is 12.5. The fourth-order valence-electron chi connectivity index (χ4n) is 3.19. The van der Waals surface area contributed by atoms with Crippen LogP contribution in [0.4, 0.5) is 5.95 Å². The van der Waals surface area contributed by atoms with Crippen molar-refractivity contribution in [3.63, 3.8) is 0 Å². The van der Waals surface area contributed by atoms with Crippen LogP contribution in [-0.2, 0) is 11.8 Å². The quantitative estimate of drug-likeness (QED) is 0.751. The Morgan fingerprint density at radius 3 is 2.81 bits per heavy atom. The van der Waals surface area contributed by atoms with Gasteiger partial charge in [-0.15, -0.1) is 0 Å². The summed E-state index contributed by atoms with van der Waals surface area (Å²) in [5.74, 6) is 0.440. The molecule has 1 N–H and O–H groups in total. The van der Waals surface area contributed by atoms with Crippen molar-refractivity contribution in [1.29, 1.82) is 0 Å². The van der Waals surface area contributed by atoms with Gasteiger partial charge in [-0.25, -0.2) is 9.67 Å². The third-order valence-corrected chi connectivity index (χ3v) is 4.62. The van der Waals surface area contributed by atoms with Crippen LogP contribution in [-0.4, -0.2) is 38.6 Å². The minimum atomic E-state index is -0.272. The molecular weight excluding hydrogens is 334 g/mol. The van der Waals surface area contributed by atoms with Crippen LogP contribution in [0.15, 0.2) is 46.0 Å². The lowest BCUT2D eigenvalue weighted by molar-refractivity contribution is 0.182. The molecule has 0 amide bonds. The molecule has 0 radical (unpaired) electrons. The predicted octanol–water partition coefficient (Wildman–Crippen LogP) is 0.851. The van der Waals surface area contributed by atoms with Gasteiger partial charge in [-0.05, 0) is 25.1 Å². The third kappa shape index (κ3) is 2.78. The fraction of sp³-hybridized carbons (Fsp3) is 0.333. The van der Waals surface area contributed by atoms with E-state index in [4.69, 9.17) is 4.74 Å². The number of hydrogen-bond donors (Lipinski definition) is 1. The number of para-hydroxylation sites is 1. The molecule has 26 heavy (non-hydrogen) atoms. The van der Waals surface area contributed by atoms with Crippen LogP contribution in [0.25, 0.3) is 10.9 Å². The Morgan fingerprint density at radius 2 is 1.96 bits per heavy atom. The summed E-state index contributed by atoms with van der Waals surface area (Å²) in [5.41, 5.74) is 1.07. The van der Waals surface area contributed by atoms with Crippen LogP contribution >= 0.6 is 0 Å². The highest BCUT2D eigenvalue weighted by molar-refractivity contribution is 5.78. The summed E-state index contributed by atoms with van der Waals surface area (Å²) < 4.78 is 8.49. The molecule has 4 rings (SSSR count). The molecular formula is C18H19N5O3. The summed E-state index contributed by atoms with van der Waals surface area (Å²) in [7, 11) is 1.67. The second-order valence-corrected chi connectivity index (χ2v) is 6.43. The first-order valence-corrected chi connectivity index (χ1v) is 8.41. The number of nitrogens with zero attached hydrogens (tertiary/aromatic N) is 4. The zero-order chi connectivity index (χ0) is 18.3. The molecule has 1 aliphatic rings. The van der Waals surface area contributed by atoms with Crippen LogP contribution in [0.5, 0.6) is 0 Å². The van der Waals surface area contributed by atoms with Gasteiger partial charge in [0.1, 0.15) is 6.04 Å². The van der Waals surface area contributed by atoms with E-state index in [9.17, 15) is 9.59 Å². The number of aryl methyl sites for hydroxylation is 1. The summed E-state index contributed by atoms with van der Waals surface area (Å²) in [6, 6.07) is 9.91. The smallest absolute Gasteiger partial charge is 0.267 e. The molecule has 8 nitrogen and oxygen atoms in total. The van der Waals surface area contributed by atoms with Crippen molar-refractivity contribution in [2.24, 2.45) is 7.05 Å². The molecule has 134 valence electrons. The Labute approximate surface area is 149 Å². The molecule has 0 bridgehead atoms. The summed E-state index contributed by atoms with van der Waals surface area (Å²) >= 11 is 0. The van der Waals surface area contributed by atoms with Gasteiger partial charge in [0.05, 0.1) is 35.9 Å². The standard InChI is InChI=1S/C18H19N5O3/c1-11-7-8-16(24)23(21-11)15-10-26-9-14(15)20-18-19-13-6-4-3-5-12(13)17(25)22(18)2/h3-8,14-15H,9-10H2,1-2H3,(H,19,20). The first-order valence-electron chi connectivity index (χ1n) is 8.41. The van der Waals surface area contributed by atoms with Gasteiger partial charge in [0.2, 0.25) is 5.95 Å². The molecule has 0 aliphatic carbocycles. The molecule has 2 unspecified atom stereocenters. The molecule has 1 saturated heterocycles. The number of fused-ring (bicyclic) bond motifs is 1. The average molecular weight is 353 g/mol. The van der Waals surface area contributed by atoms with Crippen molar-refractivity contribution >= 4 is 16.9 Å². The molecule has 1 aromatic carbocycles. The van der Waals surface area contributed by atoms with Gasteiger partial charge in [-0.1, -0.05) is 12.1 Å². The average Bonchev–Trinajstić information content (AvgIpc) is 3.09.